The first kappa shape index (κ1) is 11.1. The largest absolute Gasteiger partial charge is 0.481 e. The second-order valence-electron chi connectivity index (χ2n) is 2.53. The Bertz CT molecular complexity index is 333. The minimum atomic E-state index is -2.64. The number of ether oxygens (including phenoxy) is 1. The summed E-state index contributed by atoms with van der Waals surface area (Å²) >= 11 is 5.65. The number of aromatic nitrogens is 1. The Morgan fingerprint density at radius 3 is 2.71 bits per heavy atom. The third kappa shape index (κ3) is 2.10. The van der Waals surface area contributed by atoms with Crippen molar-refractivity contribution in [2.24, 2.45) is 5.73 Å². The van der Waals surface area contributed by atoms with Crippen LogP contribution in [0.15, 0.2) is 6.07 Å². The lowest BCUT2D eigenvalue weighted by Crippen LogP contribution is -2.05. The van der Waals surface area contributed by atoms with Gasteiger partial charge in [0.25, 0.3) is 6.43 Å². The Labute approximate surface area is 84.8 Å². The van der Waals surface area contributed by atoms with Crippen molar-refractivity contribution in [3.63, 3.8) is 0 Å². The van der Waals surface area contributed by atoms with Gasteiger partial charge in [-0.2, -0.15) is 0 Å². The van der Waals surface area contributed by atoms with Crippen LogP contribution in [0.1, 0.15) is 17.6 Å². The number of rotatable bonds is 3. The number of hydrogen-bond acceptors (Lipinski definition) is 3. The van der Waals surface area contributed by atoms with Crippen molar-refractivity contribution in [3.05, 3.63) is 22.3 Å². The van der Waals surface area contributed by atoms with E-state index in [-0.39, 0.29) is 28.7 Å². The third-order valence-electron chi connectivity index (χ3n) is 1.73. The van der Waals surface area contributed by atoms with Crippen LogP contribution in [-0.2, 0) is 6.54 Å². The van der Waals surface area contributed by atoms with E-state index in [1.54, 1.807) is 0 Å². The predicted octanol–water partition coefficient (Wildman–Crippen LogP) is 2.14. The van der Waals surface area contributed by atoms with Crippen molar-refractivity contribution in [1.29, 1.82) is 0 Å². The monoisotopic (exact) mass is 222 g/mol. The van der Waals surface area contributed by atoms with Gasteiger partial charge < -0.3 is 10.5 Å². The van der Waals surface area contributed by atoms with Crippen LogP contribution in [0.3, 0.4) is 0 Å². The maximum Gasteiger partial charge on any atom is 0.264 e. The van der Waals surface area contributed by atoms with Crippen LogP contribution >= 0.6 is 11.6 Å². The smallest absolute Gasteiger partial charge is 0.264 e. The van der Waals surface area contributed by atoms with Crippen molar-refractivity contribution in [2.45, 2.75) is 13.0 Å². The first-order valence-corrected chi connectivity index (χ1v) is 4.19. The third-order valence-corrected chi connectivity index (χ3v) is 2.05. The number of pyridine rings is 1. The molecule has 3 nitrogen and oxygen atoms in total. The SMILES string of the molecule is COc1cc(C(F)F)c(CN)c(Cl)n1. The fraction of sp³-hybridized carbons (Fsp3) is 0.375. The van der Waals surface area contributed by atoms with Gasteiger partial charge in [0.05, 0.1) is 7.11 Å². The number of hydrogen-bond donors (Lipinski definition) is 1. The van der Waals surface area contributed by atoms with Gasteiger partial charge in [0.1, 0.15) is 5.15 Å². The van der Waals surface area contributed by atoms with E-state index in [1.165, 1.54) is 7.11 Å². The van der Waals surface area contributed by atoms with Gasteiger partial charge in [0.15, 0.2) is 0 Å². The highest BCUT2D eigenvalue weighted by atomic mass is 35.5. The van der Waals surface area contributed by atoms with Crippen LogP contribution in [0.5, 0.6) is 5.88 Å². The summed E-state index contributed by atoms with van der Waals surface area (Å²) in [6.45, 7) is -0.0739. The molecule has 1 rings (SSSR count). The lowest BCUT2D eigenvalue weighted by molar-refractivity contribution is 0.149. The number of alkyl halides is 2. The van der Waals surface area contributed by atoms with E-state index in [9.17, 15) is 8.78 Å². The quantitative estimate of drug-likeness (QED) is 0.798. The van der Waals surface area contributed by atoms with Crippen LogP contribution in [-0.4, -0.2) is 12.1 Å². The van der Waals surface area contributed by atoms with Crippen molar-refractivity contribution >= 4 is 11.6 Å². The maximum atomic E-state index is 12.5. The minimum Gasteiger partial charge on any atom is -0.481 e. The maximum absolute atomic E-state index is 12.5. The Balaban J connectivity index is 3.28. The van der Waals surface area contributed by atoms with Crippen LogP contribution in [0.4, 0.5) is 8.78 Å². The molecule has 78 valence electrons. The molecule has 14 heavy (non-hydrogen) atoms. The molecule has 1 heterocycles. The molecular formula is C8H9ClF2N2O. The summed E-state index contributed by atoms with van der Waals surface area (Å²) in [6, 6.07) is 1.14. The van der Waals surface area contributed by atoms with E-state index < -0.39 is 6.43 Å². The average molecular weight is 223 g/mol. The fourth-order valence-electron chi connectivity index (χ4n) is 1.04. The average Bonchev–Trinajstić information content (AvgIpc) is 2.16. The molecular weight excluding hydrogens is 214 g/mol. The van der Waals surface area contributed by atoms with Crippen LogP contribution in [0, 0.1) is 0 Å². The summed E-state index contributed by atoms with van der Waals surface area (Å²) in [7, 11) is 1.33. The van der Waals surface area contributed by atoms with Gasteiger partial charge in [-0.1, -0.05) is 11.6 Å². The first-order chi connectivity index (χ1) is 6.60. The van der Waals surface area contributed by atoms with Crippen molar-refractivity contribution < 1.29 is 13.5 Å². The highest BCUT2D eigenvalue weighted by Gasteiger charge is 2.17. The van der Waals surface area contributed by atoms with E-state index in [4.69, 9.17) is 22.1 Å². The summed E-state index contributed by atoms with van der Waals surface area (Å²) in [5.74, 6) is 0.0579. The van der Waals surface area contributed by atoms with E-state index >= 15 is 0 Å². The van der Waals surface area contributed by atoms with Crippen LogP contribution in [0.2, 0.25) is 5.15 Å². The molecule has 0 radical (unpaired) electrons. The zero-order valence-electron chi connectivity index (χ0n) is 7.43. The summed E-state index contributed by atoms with van der Waals surface area (Å²) in [4.78, 5) is 3.74. The summed E-state index contributed by atoms with van der Waals surface area (Å²) < 4.78 is 29.7. The van der Waals surface area contributed by atoms with Gasteiger partial charge in [-0.05, 0) is 0 Å². The fourth-order valence-corrected chi connectivity index (χ4v) is 1.31. The summed E-state index contributed by atoms with van der Waals surface area (Å²) in [5.41, 5.74) is 5.21. The first-order valence-electron chi connectivity index (χ1n) is 3.81. The molecule has 0 saturated carbocycles. The van der Waals surface area contributed by atoms with E-state index in [1.807, 2.05) is 0 Å². The molecule has 0 saturated heterocycles. The highest BCUT2D eigenvalue weighted by Crippen LogP contribution is 2.29. The van der Waals surface area contributed by atoms with E-state index in [0.717, 1.165) is 6.07 Å². The standard InChI is InChI=1S/C8H9ClF2N2O/c1-14-6-2-4(8(10)11)5(3-12)7(9)13-6/h2,8H,3,12H2,1H3. The molecule has 0 atom stereocenters. The molecule has 0 amide bonds. The molecule has 0 aliphatic heterocycles. The van der Waals surface area contributed by atoms with Gasteiger partial charge in [-0.3, -0.25) is 0 Å². The van der Waals surface area contributed by atoms with Crippen molar-refractivity contribution in [1.82, 2.24) is 4.98 Å². The molecule has 0 bridgehead atoms. The normalized spacial score (nSPS) is 10.7. The van der Waals surface area contributed by atoms with E-state index in [2.05, 4.69) is 4.98 Å². The molecule has 1 aromatic rings. The Morgan fingerprint density at radius 2 is 2.29 bits per heavy atom. The summed E-state index contributed by atoms with van der Waals surface area (Å²) in [6.07, 6.45) is -2.64. The Morgan fingerprint density at radius 1 is 1.64 bits per heavy atom. The topological polar surface area (TPSA) is 48.1 Å². The molecule has 0 aromatic carbocycles. The molecule has 0 unspecified atom stereocenters. The molecule has 2 N–H and O–H groups in total. The molecule has 1 aromatic heterocycles. The predicted molar refractivity (Wildman–Crippen MR) is 48.6 cm³/mol. The zero-order valence-corrected chi connectivity index (χ0v) is 8.18. The highest BCUT2D eigenvalue weighted by molar-refractivity contribution is 6.30. The van der Waals surface area contributed by atoms with Gasteiger partial charge in [0, 0.05) is 23.7 Å². The molecule has 0 aliphatic carbocycles. The minimum absolute atomic E-state index is 0.0397. The number of methoxy groups -OCH3 is 1. The van der Waals surface area contributed by atoms with Crippen LogP contribution in [0.25, 0.3) is 0 Å². The lowest BCUT2D eigenvalue weighted by atomic mass is 10.1. The van der Waals surface area contributed by atoms with Gasteiger partial charge in [-0.25, -0.2) is 13.8 Å². The second-order valence-corrected chi connectivity index (χ2v) is 2.89. The second kappa shape index (κ2) is 4.52. The van der Waals surface area contributed by atoms with Crippen LogP contribution < -0.4 is 10.5 Å². The molecule has 0 aliphatic rings. The molecule has 6 heteroatoms. The zero-order chi connectivity index (χ0) is 10.7. The Kier molecular flexibility index (Phi) is 3.60. The number of nitrogens with zero attached hydrogens (tertiary/aromatic N) is 1. The van der Waals surface area contributed by atoms with Gasteiger partial charge >= 0.3 is 0 Å². The van der Waals surface area contributed by atoms with Crippen molar-refractivity contribution in [3.8, 4) is 5.88 Å². The van der Waals surface area contributed by atoms with Gasteiger partial charge in [0.2, 0.25) is 5.88 Å². The van der Waals surface area contributed by atoms with Gasteiger partial charge in [-0.15, -0.1) is 0 Å². The number of nitrogens with two attached hydrogens (primary N) is 1. The molecule has 0 spiro atoms. The van der Waals surface area contributed by atoms with Crippen molar-refractivity contribution in [2.75, 3.05) is 7.11 Å². The van der Waals surface area contributed by atoms with E-state index in [0.29, 0.717) is 0 Å². The Hall–Kier alpha value is -0.940. The summed E-state index contributed by atoms with van der Waals surface area (Å²) in [5, 5.41) is -0.0397. The molecule has 0 fully saturated rings. The number of halogens is 3. The lowest BCUT2D eigenvalue weighted by Gasteiger charge is -2.10.